The van der Waals surface area contributed by atoms with E-state index in [0.717, 1.165) is 63.8 Å². The molecule has 4 aromatic heterocycles. The van der Waals surface area contributed by atoms with Crippen molar-refractivity contribution in [2.75, 3.05) is 16.8 Å². The van der Waals surface area contributed by atoms with Crippen molar-refractivity contribution in [3.05, 3.63) is 83.2 Å². The summed E-state index contributed by atoms with van der Waals surface area (Å²) < 4.78 is 3.26. The zero-order valence-corrected chi connectivity index (χ0v) is 28.3. The first kappa shape index (κ1) is 32.2. The van der Waals surface area contributed by atoms with Gasteiger partial charge in [0.15, 0.2) is 5.13 Å². The van der Waals surface area contributed by atoms with Crippen LogP contribution < -0.4 is 10.2 Å². The molecule has 3 aliphatic rings. The van der Waals surface area contributed by atoms with Gasteiger partial charge in [0.05, 0.1) is 16.4 Å². The molecule has 2 fully saturated rings. The lowest BCUT2D eigenvalue weighted by Crippen LogP contribution is -2.37. The van der Waals surface area contributed by atoms with Gasteiger partial charge in [-0.3, -0.25) is 14.8 Å². The number of hydrogen-bond acceptors (Lipinski definition) is 9. The fourth-order valence-corrected chi connectivity index (χ4v) is 9.45. The van der Waals surface area contributed by atoms with Crippen molar-refractivity contribution in [1.82, 2.24) is 40.4 Å². The SMILES string of the molecule is C.Cc1c(-c2ccc(N3CCc4cccc(C(=O)Nc5nc6ccccc6s5)c4C3)nc2-c2nn[nH]n2)cnn1CC12CCCC(CCC1)C2. The van der Waals surface area contributed by atoms with Crippen LogP contribution in [0.2, 0.25) is 0 Å². The van der Waals surface area contributed by atoms with Crippen molar-refractivity contribution in [3.63, 3.8) is 0 Å². The van der Waals surface area contributed by atoms with Crippen molar-refractivity contribution in [3.8, 4) is 22.6 Å². The minimum atomic E-state index is -0.155. The molecule has 6 aromatic rings. The molecule has 2 aliphatic carbocycles. The fraction of sp³-hybridized carbons (Fsp3) is 0.395. The number of benzene rings is 2. The zero-order valence-electron chi connectivity index (χ0n) is 27.5. The minimum Gasteiger partial charge on any atom is -0.352 e. The van der Waals surface area contributed by atoms with Crippen LogP contribution in [0.15, 0.2) is 60.8 Å². The van der Waals surface area contributed by atoms with E-state index in [2.05, 4.69) is 65.6 Å². The summed E-state index contributed by atoms with van der Waals surface area (Å²) in [6.07, 6.45) is 12.1. The van der Waals surface area contributed by atoms with E-state index in [1.54, 1.807) is 0 Å². The maximum absolute atomic E-state index is 13.6. The Balaban J connectivity index is 0.00000361. The average Bonchev–Trinajstić information content (AvgIpc) is 3.88. The quantitative estimate of drug-likeness (QED) is 0.174. The number of carbonyl (C=O) groups excluding carboxylic acids is 1. The van der Waals surface area contributed by atoms with E-state index < -0.39 is 0 Å². The first-order valence-corrected chi connectivity index (χ1v) is 18.1. The number of amides is 1. The van der Waals surface area contributed by atoms with Crippen LogP contribution in [0.25, 0.3) is 32.9 Å². The molecule has 11 nitrogen and oxygen atoms in total. The predicted molar refractivity (Wildman–Crippen MR) is 197 cm³/mol. The van der Waals surface area contributed by atoms with Crippen LogP contribution in [0, 0.1) is 18.3 Å². The molecule has 0 spiro atoms. The van der Waals surface area contributed by atoms with E-state index in [-0.39, 0.29) is 13.3 Å². The largest absolute Gasteiger partial charge is 0.352 e. The summed E-state index contributed by atoms with van der Waals surface area (Å²) in [5.74, 6) is 1.97. The highest BCUT2D eigenvalue weighted by Crippen LogP contribution is 2.50. The molecule has 2 N–H and O–H groups in total. The lowest BCUT2D eigenvalue weighted by molar-refractivity contribution is 0.0553. The van der Waals surface area contributed by atoms with E-state index >= 15 is 0 Å². The van der Waals surface area contributed by atoms with Crippen molar-refractivity contribution in [2.24, 2.45) is 11.3 Å². The van der Waals surface area contributed by atoms with E-state index in [9.17, 15) is 4.79 Å². The van der Waals surface area contributed by atoms with Crippen LogP contribution >= 0.6 is 11.3 Å². The summed E-state index contributed by atoms with van der Waals surface area (Å²) in [6.45, 7) is 4.46. The summed E-state index contributed by atoms with van der Waals surface area (Å²) in [7, 11) is 0. The zero-order chi connectivity index (χ0) is 33.0. The topological polar surface area (TPSA) is 130 Å². The van der Waals surface area contributed by atoms with Gasteiger partial charge in [-0.15, -0.1) is 10.2 Å². The number of para-hydroxylation sites is 1. The third-order valence-corrected chi connectivity index (χ3v) is 12.0. The summed E-state index contributed by atoms with van der Waals surface area (Å²) in [5, 5.41) is 23.7. The van der Waals surface area contributed by atoms with Gasteiger partial charge < -0.3 is 4.90 Å². The summed E-state index contributed by atoms with van der Waals surface area (Å²) in [6, 6.07) is 18.1. The van der Waals surface area contributed by atoms with Crippen molar-refractivity contribution < 1.29 is 4.79 Å². The van der Waals surface area contributed by atoms with E-state index in [0.29, 0.717) is 34.2 Å². The second-order valence-corrected chi connectivity index (χ2v) is 15.0. The van der Waals surface area contributed by atoms with Gasteiger partial charge in [0, 0.05) is 42.0 Å². The number of thiazole rings is 1. The third kappa shape index (κ3) is 5.85. The molecule has 50 heavy (non-hydrogen) atoms. The number of hydrogen-bond donors (Lipinski definition) is 2. The lowest BCUT2D eigenvalue weighted by Gasteiger charge is -2.45. The molecule has 1 amide bonds. The molecular weight excluding hydrogens is 645 g/mol. The number of carbonyl (C=O) groups is 1. The van der Waals surface area contributed by atoms with Gasteiger partial charge in [-0.1, -0.05) is 68.7 Å². The Morgan fingerprint density at radius 1 is 1.04 bits per heavy atom. The molecule has 2 aromatic carbocycles. The standard InChI is InChI=1S/C37H38N10OS.CH4/c1-23-28(20-38-47(23)22-37-16-5-7-24(19-37)8-6-17-37)26-13-14-32(40-33(26)34-42-44-45-43-34)46-18-15-25-9-4-10-27(29(25)21-46)35(48)41-36-39-30-11-2-3-12-31(30)49-36;/h2-4,9-14,20,24H,5-8,15-19,21-22H2,1H3,(H,39,41,48)(H,42,43,44,45);1H4. The van der Waals surface area contributed by atoms with Gasteiger partial charge in [-0.05, 0) is 90.6 Å². The number of anilines is 2. The van der Waals surface area contributed by atoms with Gasteiger partial charge in [0.1, 0.15) is 11.5 Å². The predicted octanol–water partition coefficient (Wildman–Crippen LogP) is 7.85. The number of H-pyrrole nitrogens is 1. The molecule has 5 heterocycles. The summed E-state index contributed by atoms with van der Waals surface area (Å²) in [4.78, 5) is 25.6. The number of rotatable bonds is 7. The van der Waals surface area contributed by atoms with Crippen LogP contribution in [-0.4, -0.2) is 52.8 Å². The normalized spacial score (nSPS) is 19.9. The van der Waals surface area contributed by atoms with Gasteiger partial charge in [-0.25, -0.2) is 9.97 Å². The summed E-state index contributed by atoms with van der Waals surface area (Å²) >= 11 is 1.48. The van der Waals surface area contributed by atoms with Crippen LogP contribution in [0.1, 0.15) is 79.6 Å². The smallest absolute Gasteiger partial charge is 0.257 e. The van der Waals surface area contributed by atoms with E-state index in [4.69, 9.17) is 10.1 Å². The maximum atomic E-state index is 13.6. The molecule has 12 heteroatoms. The average molecular weight is 687 g/mol. The maximum Gasteiger partial charge on any atom is 0.257 e. The second-order valence-electron chi connectivity index (χ2n) is 14.0. The number of aromatic amines is 1. The third-order valence-electron chi connectivity index (χ3n) is 11.0. The van der Waals surface area contributed by atoms with Crippen LogP contribution in [-0.2, 0) is 19.5 Å². The van der Waals surface area contributed by atoms with Gasteiger partial charge in [0.25, 0.3) is 5.91 Å². The Hall–Kier alpha value is -4.97. The van der Waals surface area contributed by atoms with Crippen molar-refractivity contribution in [2.45, 2.75) is 78.8 Å². The Bertz CT molecular complexity index is 2130. The molecule has 9 rings (SSSR count). The molecule has 0 radical (unpaired) electrons. The molecule has 1 aliphatic heterocycles. The fourth-order valence-electron chi connectivity index (χ4n) is 8.59. The van der Waals surface area contributed by atoms with Crippen molar-refractivity contribution in [1.29, 1.82) is 0 Å². The summed E-state index contributed by atoms with van der Waals surface area (Å²) in [5.41, 5.74) is 7.85. The minimum absolute atomic E-state index is 0. The second kappa shape index (κ2) is 13.1. The van der Waals surface area contributed by atoms with Gasteiger partial charge in [-0.2, -0.15) is 10.3 Å². The number of aromatic nitrogens is 8. The van der Waals surface area contributed by atoms with Gasteiger partial charge >= 0.3 is 0 Å². The molecular formula is C38H42N10OS. The molecule has 0 unspecified atom stereocenters. The molecule has 0 atom stereocenters. The monoisotopic (exact) mass is 686 g/mol. The van der Waals surface area contributed by atoms with Crippen LogP contribution in [0.4, 0.5) is 10.9 Å². The Kier molecular flexibility index (Phi) is 8.42. The number of nitrogens with one attached hydrogen (secondary N) is 2. The highest BCUT2D eigenvalue weighted by Gasteiger charge is 2.40. The van der Waals surface area contributed by atoms with E-state index in [1.807, 2.05) is 42.6 Å². The van der Waals surface area contributed by atoms with Crippen LogP contribution in [0.3, 0.4) is 0 Å². The first-order chi connectivity index (χ1) is 24.0. The Morgan fingerprint density at radius 3 is 2.72 bits per heavy atom. The van der Waals surface area contributed by atoms with Crippen molar-refractivity contribution >= 4 is 38.4 Å². The highest BCUT2D eigenvalue weighted by atomic mass is 32.1. The number of fused-ring (bicyclic) bond motifs is 4. The first-order valence-electron chi connectivity index (χ1n) is 17.3. The van der Waals surface area contributed by atoms with Gasteiger partial charge in [0.2, 0.25) is 5.82 Å². The molecule has 0 saturated heterocycles. The Labute approximate surface area is 295 Å². The van der Waals surface area contributed by atoms with E-state index in [1.165, 1.54) is 61.8 Å². The Morgan fingerprint density at radius 2 is 1.90 bits per heavy atom. The number of tetrazole rings is 1. The molecule has 2 saturated carbocycles. The number of nitrogens with zero attached hydrogens (tertiary/aromatic N) is 8. The molecule has 256 valence electrons. The molecule has 2 bridgehead atoms. The lowest BCUT2D eigenvalue weighted by atomic mass is 9.62. The highest BCUT2D eigenvalue weighted by molar-refractivity contribution is 7.22. The van der Waals surface area contributed by atoms with Crippen LogP contribution in [0.5, 0.6) is 0 Å². The number of pyridine rings is 1.